The topological polar surface area (TPSA) is 84.4 Å². The number of nitrogens with one attached hydrogen (secondary N) is 1. The van der Waals surface area contributed by atoms with Crippen molar-refractivity contribution in [2.75, 3.05) is 13.1 Å². The van der Waals surface area contributed by atoms with Gasteiger partial charge in [-0.15, -0.1) is 0 Å². The lowest BCUT2D eigenvalue weighted by molar-refractivity contribution is 0.132. The van der Waals surface area contributed by atoms with Crippen LogP contribution < -0.4 is 9.46 Å². The largest absolute Gasteiger partial charge is 0.460 e. The number of halogens is 1. The second-order valence-corrected chi connectivity index (χ2v) is 8.14. The molecule has 128 valence electrons. The van der Waals surface area contributed by atoms with Gasteiger partial charge >= 0.3 is 6.01 Å². The summed E-state index contributed by atoms with van der Waals surface area (Å²) in [6.07, 6.45) is 7.98. The minimum atomic E-state index is -3.34. The molecular formula is C14H21ClN4O3S. The first-order chi connectivity index (χ1) is 11.0. The van der Waals surface area contributed by atoms with Gasteiger partial charge in [0.2, 0.25) is 0 Å². The third-order valence-electron chi connectivity index (χ3n) is 4.26. The maximum atomic E-state index is 12.3. The summed E-state index contributed by atoms with van der Waals surface area (Å²) in [7, 11) is -3.34. The number of nitrogens with zero attached hydrogens (tertiary/aromatic N) is 3. The maximum Gasteiger partial charge on any atom is 0.316 e. The Morgan fingerprint density at radius 3 is 2.35 bits per heavy atom. The molecule has 1 saturated carbocycles. The molecule has 1 N–H and O–H groups in total. The zero-order valence-corrected chi connectivity index (χ0v) is 14.4. The molecule has 0 spiro atoms. The normalized spacial score (nSPS) is 26.3. The van der Waals surface area contributed by atoms with E-state index in [1.807, 2.05) is 0 Å². The van der Waals surface area contributed by atoms with Crippen LogP contribution in [-0.2, 0) is 10.2 Å². The average molecular weight is 361 g/mol. The first-order valence-corrected chi connectivity index (χ1v) is 9.76. The van der Waals surface area contributed by atoms with Crippen molar-refractivity contribution >= 4 is 21.8 Å². The van der Waals surface area contributed by atoms with Crippen molar-refractivity contribution in [3.8, 4) is 6.01 Å². The molecule has 0 unspecified atom stereocenters. The summed E-state index contributed by atoms with van der Waals surface area (Å²) in [6, 6.07) is 0.294. The Morgan fingerprint density at radius 2 is 1.74 bits per heavy atom. The van der Waals surface area contributed by atoms with Gasteiger partial charge < -0.3 is 4.74 Å². The molecular weight excluding hydrogens is 340 g/mol. The van der Waals surface area contributed by atoms with E-state index in [1.54, 1.807) is 0 Å². The Labute approximate surface area is 141 Å². The number of hydrogen-bond acceptors (Lipinski definition) is 5. The first-order valence-electron chi connectivity index (χ1n) is 7.94. The summed E-state index contributed by atoms with van der Waals surface area (Å²) in [6.45, 7) is 1.25. The van der Waals surface area contributed by atoms with Crippen LogP contribution in [0.25, 0.3) is 0 Å². The van der Waals surface area contributed by atoms with Gasteiger partial charge in [-0.3, -0.25) is 0 Å². The standard InChI is InChI=1S/C14H21ClN4O3S/c15-11-9-16-14(17-10-11)22-13-5-3-12(4-6-13)18-23(20,21)19-7-1-2-8-19/h9-10,12-13,18H,1-8H2. The van der Waals surface area contributed by atoms with Crippen LogP contribution in [0, 0.1) is 0 Å². The van der Waals surface area contributed by atoms with Crippen molar-refractivity contribution < 1.29 is 13.2 Å². The smallest absolute Gasteiger partial charge is 0.316 e. The molecule has 2 heterocycles. The van der Waals surface area contributed by atoms with Gasteiger partial charge in [0.15, 0.2) is 0 Å². The van der Waals surface area contributed by atoms with Gasteiger partial charge in [0.25, 0.3) is 10.2 Å². The van der Waals surface area contributed by atoms with Gasteiger partial charge in [-0.2, -0.15) is 17.4 Å². The van der Waals surface area contributed by atoms with Gasteiger partial charge in [-0.1, -0.05) is 11.6 Å². The molecule has 2 aliphatic rings. The van der Waals surface area contributed by atoms with E-state index in [9.17, 15) is 8.42 Å². The van der Waals surface area contributed by atoms with Crippen molar-refractivity contribution in [1.82, 2.24) is 19.0 Å². The molecule has 1 aliphatic heterocycles. The Kier molecular flexibility index (Phi) is 5.35. The fourth-order valence-electron chi connectivity index (χ4n) is 3.02. The highest BCUT2D eigenvalue weighted by atomic mass is 35.5. The van der Waals surface area contributed by atoms with E-state index in [1.165, 1.54) is 16.7 Å². The lowest BCUT2D eigenvalue weighted by Crippen LogP contribution is -2.46. The minimum Gasteiger partial charge on any atom is -0.460 e. The maximum absolute atomic E-state index is 12.3. The fraction of sp³-hybridized carbons (Fsp3) is 0.714. The molecule has 9 heteroatoms. The first kappa shape index (κ1) is 16.9. The van der Waals surface area contributed by atoms with E-state index < -0.39 is 10.2 Å². The Hall–Kier alpha value is -0.960. The van der Waals surface area contributed by atoms with Crippen LogP contribution in [0.4, 0.5) is 0 Å². The van der Waals surface area contributed by atoms with Gasteiger partial charge in [0.1, 0.15) is 6.10 Å². The minimum absolute atomic E-state index is 0.0173. The van der Waals surface area contributed by atoms with E-state index >= 15 is 0 Å². The number of ether oxygens (including phenoxy) is 1. The van der Waals surface area contributed by atoms with Gasteiger partial charge in [-0.25, -0.2) is 9.97 Å². The van der Waals surface area contributed by atoms with Crippen LogP contribution in [0.3, 0.4) is 0 Å². The monoisotopic (exact) mass is 360 g/mol. The molecule has 23 heavy (non-hydrogen) atoms. The molecule has 0 aromatic carbocycles. The molecule has 1 saturated heterocycles. The van der Waals surface area contributed by atoms with Crippen LogP contribution >= 0.6 is 11.6 Å². The zero-order chi connectivity index (χ0) is 16.3. The Balaban J connectivity index is 1.47. The van der Waals surface area contributed by atoms with Crippen molar-refractivity contribution in [3.63, 3.8) is 0 Å². The van der Waals surface area contributed by atoms with Crippen LogP contribution in [0.1, 0.15) is 38.5 Å². The highest BCUT2D eigenvalue weighted by Gasteiger charge is 2.30. The van der Waals surface area contributed by atoms with Crippen molar-refractivity contribution in [2.45, 2.75) is 50.7 Å². The van der Waals surface area contributed by atoms with E-state index in [2.05, 4.69) is 14.7 Å². The van der Waals surface area contributed by atoms with E-state index in [0.717, 1.165) is 38.5 Å². The molecule has 1 aliphatic carbocycles. The lowest BCUT2D eigenvalue weighted by atomic mass is 9.94. The van der Waals surface area contributed by atoms with E-state index in [4.69, 9.17) is 16.3 Å². The molecule has 0 bridgehead atoms. The third kappa shape index (κ3) is 4.53. The number of aromatic nitrogens is 2. The SMILES string of the molecule is O=S(=O)(NC1CCC(Oc2ncc(Cl)cn2)CC1)N1CCCC1. The van der Waals surface area contributed by atoms with E-state index in [-0.39, 0.29) is 12.1 Å². The molecule has 1 aromatic rings. The van der Waals surface area contributed by atoms with Gasteiger partial charge in [-0.05, 0) is 38.5 Å². The number of rotatable bonds is 5. The molecule has 0 radical (unpaired) electrons. The lowest BCUT2D eigenvalue weighted by Gasteiger charge is -2.29. The molecule has 0 atom stereocenters. The highest BCUT2D eigenvalue weighted by molar-refractivity contribution is 7.87. The summed E-state index contributed by atoms with van der Waals surface area (Å²) in [5.41, 5.74) is 0. The molecule has 0 amide bonds. The van der Waals surface area contributed by atoms with Crippen LogP contribution in [0.5, 0.6) is 6.01 Å². The average Bonchev–Trinajstić information content (AvgIpc) is 3.07. The molecule has 1 aromatic heterocycles. The summed E-state index contributed by atoms with van der Waals surface area (Å²) in [4.78, 5) is 8.04. The van der Waals surface area contributed by atoms with Gasteiger partial charge in [0, 0.05) is 19.1 Å². The summed E-state index contributed by atoms with van der Waals surface area (Å²) >= 11 is 5.74. The second-order valence-electron chi connectivity index (χ2n) is 6.00. The number of hydrogen-bond donors (Lipinski definition) is 1. The molecule has 2 fully saturated rings. The predicted molar refractivity (Wildman–Crippen MR) is 86.6 cm³/mol. The summed E-state index contributed by atoms with van der Waals surface area (Å²) in [5, 5.41) is 0.470. The third-order valence-corrected chi connectivity index (χ3v) is 6.13. The van der Waals surface area contributed by atoms with Crippen molar-refractivity contribution in [2.24, 2.45) is 0 Å². The van der Waals surface area contributed by atoms with Gasteiger partial charge in [0.05, 0.1) is 17.4 Å². The van der Waals surface area contributed by atoms with Crippen LogP contribution in [-0.4, -0.2) is 47.9 Å². The Morgan fingerprint density at radius 1 is 1.13 bits per heavy atom. The fourth-order valence-corrected chi connectivity index (χ4v) is 4.67. The summed E-state index contributed by atoms with van der Waals surface area (Å²) < 4.78 is 34.6. The van der Waals surface area contributed by atoms with Crippen LogP contribution in [0.2, 0.25) is 5.02 Å². The van der Waals surface area contributed by atoms with Crippen LogP contribution in [0.15, 0.2) is 12.4 Å². The quantitative estimate of drug-likeness (QED) is 0.864. The molecule has 3 rings (SSSR count). The molecule has 7 nitrogen and oxygen atoms in total. The summed E-state index contributed by atoms with van der Waals surface area (Å²) in [5.74, 6) is 0. The second kappa shape index (κ2) is 7.29. The van der Waals surface area contributed by atoms with Crippen molar-refractivity contribution in [3.05, 3.63) is 17.4 Å². The van der Waals surface area contributed by atoms with E-state index in [0.29, 0.717) is 24.1 Å². The Bertz CT molecular complexity index is 611. The zero-order valence-electron chi connectivity index (χ0n) is 12.8. The highest BCUT2D eigenvalue weighted by Crippen LogP contribution is 2.23. The predicted octanol–water partition coefficient (Wildman–Crippen LogP) is 1.75. The van der Waals surface area contributed by atoms with Crippen molar-refractivity contribution in [1.29, 1.82) is 0 Å².